The molecule has 1 N–H and O–H groups in total. The Morgan fingerprint density at radius 3 is 3.00 bits per heavy atom. The number of ether oxygens (including phenoxy) is 1. The number of benzene rings is 2. The number of nitrogens with zero attached hydrogens (tertiary/aromatic N) is 2. The minimum absolute atomic E-state index is 0.189. The van der Waals surface area contributed by atoms with Crippen LogP contribution in [0.3, 0.4) is 0 Å². The SMILES string of the molecule is N#Cc1cccc2[nH]c(C3CCOc4ccccc43)nc12. The van der Waals surface area contributed by atoms with Crippen LogP contribution in [0.5, 0.6) is 5.75 Å². The van der Waals surface area contributed by atoms with Crippen LogP contribution in [0.4, 0.5) is 0 Å². The van der Waals surface area contributed by atoms with Crippen molar-refractivity contribution in [2.24, 2.45) is 0 Å². The van der Waals surface area contributed by atoms with Gasteiger partial charge in [-0.2, -0.15) is 5.26 Å². The zero-order chi connectivity index (χ0) is 14.2. The maximum Gasteiger partial charge on any atom is 0.123 e. The number of aromatic nitrogens is 2. The Morgan fingerprint density at radius 1 is 1.19 bits per heavy atom. The summed E-state index contributed by atoms with van der Waals surface area (Å²) in [6.07, 6.45) is 0.888. The molecule has 2 aromatic carbocycles. The Morgan fingerprint density at radius 2 is 2.10 bits per heavy atom. The zero-order valence-electron chi connectivity index (χ0n) is 11.3. The number of fused-ring (bicyclic) bond motifs is 2. The molecule has 4 rings (SSSR count). The van der Waals surface area contributed by atoms with E-state index in [-0.39, 0.29) is 5.92 Å². The van der Waals surface area contributed by atoms with Crippen molar-refractivity contribution in [1.82, 2.24) is 9.97 Å². The first-order chi connectivity index (χ1) is 10.4. The summed E-state index contributed by atoms with van der Waals surface area (Å²) in [4.78, 5) is 8.04. The van der Waals surface area contributed by atoms with E-state index in [1.807, 2.05) is 30.3 Å². The Hall–Kier alpha value is -2.80. The van der Waals surface area contributed by atoms with E-state index < -0.39 is 0 Å². The second-order valence-corrected chi connectivity index (χ2v) is 5.16. The van der Waals surface area contributed by atoms with Gasteiger partial charge < -0.3 is 9.72 Å². The predicted octanol–water partition coefficient (Wildman–Crippen LogP) is 3.35. The molecule has 0 amide bonds. The second-order valence-electron chi connectivity index (χ2n) is 5.16. The van der Waals surface area contributed by atoms with Crippen molar-refractivity contribution < 1.29 is 4.74 Å². The number of aromatic amines is 1. The van der Waals surface area contributed by atoms with Gasteiger partial charge in [-0.25, -0.2) is 4.98 Å². The smallest absolute Gasteiger partial charge is 0.123 e. The van der Waals surface area contributed by atoms with E-state index in [0.717, 1.165) is 34.6 Å². The second kappa shape index (κ2) is 4.64. The lowest BCUT2D eigenvalue weighted by Crippen LogP contribution is -2.16. The van der Waals surface area contributed by atoms with Crippen molar-refractivity contribution in [3.63, 3.8) is 0 Å². The predicted molar refractivity (Wildman–Crippen MR) is 79.2 cm³/mol. The summed E-state index contributed by atoms with van der Waals surface area (Å²) in [5, 5.41) is 9.19. The number of nitriles is 1. The Kier molecular flexibility index (Phi) is 2.65. The Labute approximate surface area is 122 Å². The van der Waals surface area contributed by atoms with Crippen LogP contribution in [0.2, 0.25) is 0 Å². The summed E-state index contributed by atoms with van der Waals surface area (Å²) < 4.78 is 5.70. The molecule has 102 valence electrons. The molecule has 1 atom stereocenters. The molecule has 0 aliphatic carbocycles. The molecule has 4 nitrogen and oxygen atoms in total. The molecule has 0 spiro atoms. The molecule has 0 radical (unpaired) electrons. The quantitative estimate of drug-likeness (QED) is 0.740. The van der Waals surface area contributed by atoms with Crippen LogP contribution in [0.25, 0.3) is 11.0 Å². The summed E-state index contributed by atoms with van der Waals surface area (Å²) in [6, 6.07) is 15.9. The molecular formula is C17H13N3O. The Balaban J connectivity index is 1.87. The van der Waals surface area contributed by atoms with Crippen LogP contribution in [-0.2, 0) is 0 Å². The van der Waals surface area contributed by atoms with Crippen molar-refractivity contribution >= 4 is 11.0 Å². The number of hydrogen-bond acceptors (Lipinski definition) is 3. The van der Waals surface area contributed by atoms with E-state index in [9.17, 15) is 5.26 Å². The minimum Gasteiger partial charge on any atom is -0.493 e. The van der Waals surface area contributed by atoms with Gasteiger partial charge in [0.25, 0.3) is 0 Å². The van der Waals surface area contributed by atoms with Gasteiger partial charge >= 0.3 is 0 Å². The molecule has 1 aliphatic heterocycles. The van der Waals surface area contributed by atoms with E-state index in [1.165, 1.54) is 0 Å². The van der Waals surface area contributed by atoms with Crippen molar-refractivity contribution in [3.05, 3.63) is 59.4 Å². The standard InChI is InChI=1S/C17H13N3O/c18-10-11-4-3-6-14-16(11)20-17(19-14)13-8-9-21-15-7-2-1-5-12(13)15/h1-7,13H,8-9H2,(H,19,20). The first kappa shape index (κ1) is 12.0. The highest BCUT2D eigenvalue weighted by atomic mass is 16.5. The van der Waals surface area contributed by atoms with Crippen LogP contribution < -0.4 is 4.74 Å². The average Bonchev–Trinajstić information content (AvgIpc) is 2.98. The monoisotopic (exact) mass is 275 g/mol. The average molecular weight is 275 g/mol. The third kappa shape index (κ3) is 1.86. The van der Waals surface area contributed by atoms with Crippen molar-refractivity contribution in [1.29, 1.82) is 5.26 Å². The molecular weight excluding hydrogens is 262 g/mol. The van der Waals surface area contributed by atoms with E-state index in [1.54, 1.807) is 6.07 Å². The van der Waals surface area contributed by atoms with Gasteiger partial charge in [0.1, 0.15) is 23.2 Å². The topological polar surface area (TPSA) is 61.7 Å². The van der Waals surface area contributed by atoms with Gasteiger partial charge in [0.15, 0.2) is 0 Å². The molecule has 3 aromatic rings. The van der Waals surface area contributed by atoms with Gasteiger partial charge in [0, 0.05) is 11.5 Å². The van der Waals surface area contributed by atoms with Crippen LogP contribution in [-0.4, -0.2) is 16.6 Å². The van der Waals surface area contributed by atoms with Gasteiger partial charge in [-0.15, -0.1) is 0 Å². The van der Waals surface area contributed by atoms with E-state index in [4.69, 9.17) is 4.74 Å². The van der Waals surface area contributed by atoms with E-state index in [0.29, 0.717) is 12.2 Å². The maximum absolute atomic E-state index is 9.19. The molecule has 1 unspecified atom stereocenters. The molecule has 0 fully saturated rings. The summed E-state index contributed by atoms with van der Waals surface area (Å²) in [6.45, 7) is 0.684. The summed E-state index contributed by atoms with van der Waals surface area (Å²) >= 11 is 0. The lowest BCUT2D eigenvalue weighted by atomic mass is 9.92. The largest absolute Gasteiger partial charge is 0.493 e. The number of hydrogen-bond donors (Lipinski definition) is 1. The highest BCUT2D eigenvalue weighted by molar-refractivity contribution is 5.81. The number of para-hydroxylation sites is 2. The molecule has 1 aliphatic rings. The fourth-order valence-electron chi connectivity index (χ4n) is 2.93. The lowest BCUT2D eigenvalue weighted by molar-refractivity contribution is 0.275. The minimum atomic E-state index is 0.189. The van der Waals surface area contributed by atoms with Crippen molar-refractivity contribution in [2.75, 3.05) is 6.61 Å². The van der Waals surface area contributed by atoms with Crippen molar-refractivity contribution in [3.8, 4) is 11.8 Å². The lowest BCUT2D eigenvalue weighted by Gasteiger charge is -2.24. The van der Waals surface area contributed by atoms with Crippen LogP contribution >= 0.6 is 0 Å². The van der Waals surface area contributed by atoms with E-state index >= 15 is 0 Å². The maximum atomic E-state index is 9.19. The van der Waals surface area contributed by atoms with Gasteiger partial charge in [-0.3, -0.25) is 0 Å². The molecule has 1 aromatic heterocycles. The van der Waals surface area contributed by atoms with Gasteiger partial charge in [0.2, 0.25) is 0 Å². The highest BCUT2D eigenvalue weighted by Gasteiger charge is 2.25. The van der Waals surface area contributed by atoms with Gasteiger partial charge in [-0.1, -0.05) is 24.3 Å². The van der Waals surface area contributed by atoms with Gasteiger partial charge in [-0.05, 0) is 24.6 Å². The first-order valence-corrected chi connectivity index (χ1v) is 6.97. The van der Waals surface area contributed by atoms with Gasteiger partial charge in [0.05, 0.1) is 17.7 Å². The molecule has 4 heteroatoms. The summed E-state index contributed by atoms with van der Waals surface area (Å²) in [5.74, 6) is 2.02. The number of rotatable bonds is 1. The molecule has 2 heterocycles. The number of nitrogens with one attached hydrogen (secondary N) is 1. The van der Waals surface area contributed by atoms with Crippen LogP contribution in [0.1, 0.15) is 29.3 Å². The van der Waals surface area contributed by atoms with Crippen molar-refractivity contribution in [2.45, 2.75) is 12.3 Å². The number of imidazole rings is 1. The highest BCUT2D eigenvalue weighted by Crippen LogP contribution is 2.37. The van der Waals surface area contributed by atoms with E-state index in [2.05, 4.69) is 22.1 Å². The fourth-order valence-corrected chi connectivity index (χ4v) is 2.93. The summed E-state index contributed by atoms with van der Waals surface area (Å²) in [7, 11) is 0. The van der Waals surface area contributed by atoms with Crippen LogP contribution in [0, 0.1) is 11.3 Å². The Bertz CT molecular complexity index is 860. The molecule has 0 saturated carbocycles. The first-order valence-electron chi connectivity index (χ1n) is 6.97. The normalized spacial score (nSPS) is 17.0. The zero-order valence-corrected chi connectivity index (χ0v) is 11.3. The third-order valence-electron chi connectivity index (χ3n) is 3.94. The molecule has 21 heavy (non-hydrogen) atoms. The summed E-state index contributed by atoms with van der Waals surface area (Å²) in [5.41, 5.74) is 3.42. The third-order valence-corrected chi connectivity index (χ3v) is 3.94. The fraction of sp³-hybridized carbons (Fsp3) is 0.176. The number of H-pyrrole nitrogens is 1. The van der Waals surface area contributed by atoms with Crippen LogP contribution in [0.15, 0.2) is 42.5 Å². The molecule has 0 bridgehead atoms. The molecule has 0 saturated heterocycles.